The molecule has 1 heterocycles. The van der Waals surface area contributed by atoms with Gasteiger partial charge in [0.15, 0.2) is 0 Å². The molecule has 0 bridgehead atoms. The lowest BCUT2D eigenvalue weighted by Gasteiger charge is -2.38. The summed E-state index contributed by atoms with van der Waals surface area (Å²) in [6.45, 7) is 3.86. The first-order valence-electron chi connectivity index (χ1n) is 7.94. The third-order valence-electron chi connectivity index (χ3n) is 4.29. The minimum atomic E-state index is -3.53. The number of nitrogens with zero attached hydrogens (tertiary/aromatic N) is 1. The van der Waals surface area contributed by atoms with E-state index in [-0.39, 0.29) is 29.3 Å². The molecule has 2 atom stereocenters. The van der Waals surface area contributed by atoms with Gasteiger partial charge >= 0.3 is 0 Å². The highest BCUT2D eigenvalue weighted by Gasteiger charge is 2.36. The summed E-state index contributed by atoms with van der Waals surface area (Å²) in [4.78, 5) is 0.282. The predicted molar refractivity (Wildman–Crippen MR) is 96.2 cm³/mol. The first-order valence-corrected chi connectivity index (χ1v) is 9.38. The second-order valence-electron chi connectivity index (χ2n) is 5.85. The van der Waals surface area contributed by atoms with Crippen LogP contribution in [0.15, 0.2) is 29.2 Å². The van der Waals surface area contributed by atoms with Gasteiger partial charge in [0, 0.05) is 26.2 Å². The summed E-state index contributed by atoms with van der Waals surface area (Å²) in [6, 6.07) is 6.39. The van der Waals surface area contributed by atoms with Crippen LogP contribution in [-0.2, 0) is 14.8 Å². The van der Waals surface area contributed by atoms with E-state index < -0.39 is 10.0 Å². The van der Waals surface area contributed by atoms with Gasteiger partial charge in [-0.15, -0.1) is 12.4 Å². The highest BCUT2D eigenvalue weighted by molar-refractivity contribution is 7.89. The summed E-state index contributed by atoms with van der Waals surface area (Å²) in [5.74, 6) is 0.906. The van der Waals surface area contributed by atoms with Gasteiger partial charge < -0.3 is 15.2 Å². The van der Waals surface area contributed by atoms with Gasteiger partial charge in [0.25, 0.3) is 0 Å². The van der Waals surface area contributed by atoms with Crippen molar-refractivity contribution in [3.05, 3.63) is 24.3 Å². The molecule has 24 heavy (non-hydrogen) atoms. The highest BCUT2D eigenvalue weighted by Crippen LogP contribution is 2.29. The first-order chi connectivity index (χ1) is 11.0. The summed E-state index contributed by atoms with van der Waals surface area (Å²) in [7, 11) is -1.92. The van der Waals surface area contributed by atoms with E-state index in [4.69, 9.17) is 15.2 Å². The van der Waals surface area contributed by atoms with Gasteiger partial charge in [0.05, 0.1) is 11.5 Å². The zero-order valence-corrected chi connectivity index (χ0v) is 15.8. The summed E-state index contributed by atoms with van der Waals surface area (Å²) < 4.78 is 37.7. The van der Waals surface area contributed by atoms with Gasteiger partial charge in [-0.1, -0.05) is 6.92 Å². The molecule has 0 radical (unpaired) electrons. The molecular weight excluding hydrogens is 352 g/mol. The summed E-state index contributed by atoms with van der Waals surface area (Å²) >= 11 is 0. The topological polar surface area (TPSA) is 81.9 Å². The van der Waals surface area contributed by atoms with E-state index in [1.807, 2.05) is 0 Å². The van der Waals surface area contributed by atoms with Gasteiger partial charge in [-0.25, -0.2) is 8.42 Å². The quantitative estimate of drug-likeness (QED) is 0.732. The van der Waals surface area contributed by atoms with E-state index in [0.29, 0.717) is 32.1 Å². The van der Waals surface area contributed by atoms with Gasteiger partial charge in [0.2, 0.25) is 10.0 Å². The number of hydrogen-bond acceptors (Lipinski definition) is 5. The Hall–Kier alpha value is -0.860. The zero-order chi connectivity index (χ0) is 16.9. The number of piperidine rings is 1. The second kappa shape index (κ2) is 9.58. The number of benzene rings is 1. The fourth-order valence-corrected chi connectivity index (χ4v) is 4.72. The SMILES string of the molecule is COCCOc1ccc(S(=O)(=O)N2CCCC(C)C2CN)cc1.Cl. The van der Waals surface area contributed by atoms with Crippen molar-refractivity contribution < 1.29 is 17.9 Å². The number of halogens is 1. The molecule has 1 aromatic rings. The van der Waals surface area contributed by atoms with Crippen LogP contribution in [0.4, 0.5) is 0 Å². The van der Waals surface area contributed by atoms with E-state index in [0.717, 1.165) is 12.8 Å². The molecular formula is C16H27ClN2O4S. The molecule has 1 fully saturated rings. The molecule has 8 heteroatoms. The number of nitrogens with two attached hydrogens (primary N) is 1. The fraction of sp³-hybridized carbons (Fsp3) is 0.625. The zero-order valence-electron chi connectivity index (χ0n) is 14.2. The van der Waals surface area contributed by atoms with Crippen LogP contribution in [0.1, 0.15) is 19.8 Å². The molecule has 0 amide bonds. The molecule has 0 saturated carbocycles. The lowest BCUT2D eigenvalue weighted by molar-refractivity contribution is 0.146. The van der Waals surface area contributed by atoms with E-state index in [1.165, 1.54) is 0 Å². The average molecular weight is 379 g/mol. The van der Waals surface area contributed by atoms with Crippen LogP contribution in [0.5, 0.6) is 5.75 Å². The molecule has 2 unspecified atom stereocenters. The number of sulfonamides is 1. The van der Waals surface area contributed by atoms with Crippen LogP contribution in [0.3, 0.4) is 0 Å². The van der Waals surface area contributed by atoms with Crippen molar-refractivity contribution in [2.24, 2.45) is 11.7 Å². The van der Waals surface area contributed by atoms with Crippen molar-refractivity contribution in [2.75, 3.05) is 33.4 Å². The summed E-state index contributed by atoms with van der Waals surface area (Å²) in [6.07, 6.45) is 1.88. The second-order valence-corrected chi connectivity index (χ2v) is 7.74. The molecule has 0 aliphatic carbocycles. The summed E-state index contributed by atoms with van der Waals surface area (Å²) in [5.41, 5.74) is 5.81. The number of hydrogen-bond donors (Lipinski definition) is 1. The third kappa shape index (κ3) is 4.83. The lowest BCUT2D eigenvalue weighted by atomic mass is 9.93. The molecule has 0 aromatic heterocycles. The van der Waals surface area contributed by atoms with Gasteiger partial charge in [-0.2, -0.15) is 4.31 Å². The van der Waals surface area contributed by atoms with Crippen LogP contribution >= 0.6 is 12.4 Å². The van der Waals surface area contributed by atoms with E-state index >= 15 is 0 Å². The van der Waals surface area contributed by atoms with E-state index in [1.54, 1.807) is 35.7 Å². The number of methoxy groups -OCH3 is 1. The Morgan fingerprint density at radius 1 is 1.25 bits per heavy atom. The molecule has 0 spiro atoms. The standard InChI is InChI=1S/C16H26N2O4S.ClH/c1-13-4-3-9-18(16(13)12-17)23(19,20)15-7-5-14(6-8-15)22-11-10-21-2;/h5-8,13,16H,3-4,9-12,17H2,1-2H3;1H. The van der Waals surface area contributed by atoms with Gasteiger partial charge in [-0.3, -0.25) is 0 Å². The molecule has 2 N–H and O–H groups in total. The lowest BCUT2D eigenvalue weighted by Crippen LogP contribution is -2.51. The van der Waals surface area contributed by atoms with Crippen molar-refractivity contribution in [1.29, 1.82) is 0 Å². The Kier molecular flexibility index (Phi) is 8.45. The molecule has 1 saturated heterocycles. The number of rotatable bonds is 7. The minimum absolute atomic E-state index is 0. The molecule has 1 aliphatic heterocycles. The summed E-state index contributed by atoms with van der Waals surface area (Å²) in [5, 5.41) is 0. The van der Waals surface area contributed by atoms with Gasteiger partial charge in [-0.05, 0) is 43.0 Å². The predicted octanol–water partition coefficient (Wildman–Crippen LogP) is 1.88. The largest absolute Gasteiger partial charge is 0.491 e. The van der Waals surface area contributed by atoms with Crippen molar-refractivity contribution in [1.82, 2.24) is 4.31 Å². The molecule has 2 rings (SSSR count). The van der Waals surface area contributed by atoms with Crippen LogP contribution in [-0.4, -0.2) is 52.2 Å². The normalized spacial score (nSPS) is 22.0. The van der Waals surface area contributed by atoms with E-state index in [2.05, 4.69) is 6.92 Å². The average Bonchev–Trinajstić information content (AvgIpc) is 2.55. The molecule has 6 nitrogen and oxygen atoms in total. The van der Waals surface area contributed by atoms with Crippen LogP contribution in [0.25, 0.3) is 0 Å². The van der Waals surface area contributed by atoms with Crippen LogP contribution < -0.4 is 10.5 Å². The van der Waals surface area contributed by atoms with Crippen molar-refractivity contribution >= 4 is 22.4 Å². The molecule has 138 valence electrons. The molecule has 1 aliphatic rings. The Labute approximate surface area is 150 Å². The monoisotopic (exact) mass is 378 g/mol. The first kappa shape index (κ1) is 21.2. The van der Waals surface area contributed by atoms with Crippen molar-refractivity contribution in [3.63, 3.8) is 0 Å². The highest BCUT2D eigenvalue weighted by atomic mass is 35.5. The Bertz CT molecular complexity index is 595. The van der Waals surface area contributed by atoms with Crippen LogP contribution in [0.2, 0.25) is 0 Å². The Morgan fingerprint density at radius 2 is 1.92 bits per heavy atom. The Balaban J connectivity index is 0.00000288. The molecule has 1 aromatic carbocycles. The van der Waals surface area contributed by atoms with Crippen molar-refractivity contribution in [3.8, 4) is 5.75 Å². The minimum Gasteiger partial charge on any atom is -0.491 e. The van der Waals surface area contributed by atoms with Gasteiger partial charge in [0.1, 0.15) is 12.4 Å². The third-order valence-corrected chi connectivity index (χ3v) is 6.23. The van der Waals surface area contributed by atoms with E-state index in [9.17, 15) is 8.42 Å². The maximum atomic E-state index is 12.9. The van der Waals surface area contributed by atoms with Crippen molar-refractivity contribution in [2.45, 2.75) is 30.7 Å². The maximum Gasteiger partial charge on any atom is 0.243 e. The Morgan fingerprint density at radius 3 is 2.50 bits per heavy atom. The smallest absolute Gasteiger partial charge is 0.243 e. The van der Waals surface area contributed by atoms with Crippen LogP contribution in [0, 0.1) is 5.92 Å². The fourth-order valence-electron chi connectivity index (χ4n) is 2.95. The number of ether oxygens (including phenoxy) is 2. The maximum absolute atomic E-state index is 12.9.